The van der Waals surface area contributed by atoms with Gasteiger partial charge >= 0.3 is 5.97 Å². The summed E-state index contributed by atoms with van der Waals surface area (Å²) in [6.07, 6.45) is 11.9. The Kier molecular flexibility index (Phi) is 5.81. The van der Waals surface area contributed by atoms with E-state index in [0.29, 0.717) is 24.2 Å². The van der Waals surface area contributed by atoms with Crippen molar-refractivity contribution < 1.29 is 23.5 Å². The SMILES string of the molecule is COC(=O)[C@@H](NC(=O)c1cc(C2CC2)c(OCC2CC3CC4CCC2C(C4)C3)cc1F)C1CC1. The van der Waals surface area contributed by atoms with Crippen molar-refractivity contribution in [3.05, 3.63) is 29.1 Å². The first-order valence-electron chi connectivity index (χ1n) is 13.3. The van der Waals surface area contributed by atoms with E-state index in [9.17, 15) is 9.59 Å². The summed E-state index contributed by atoms with van der Waals surface area (Å²) in [4.78, 5) is 25.0. The zero-order chi connectivity index (χ0) is 23.4. The van der Waals surface area contributed by atoms with Crippen LogP contribution in [-0.4, -0.2) is 31.6 Å². The van der Waals surface area contributed by atoms with Crippen LogP contribution in [0.4, 0.5) is 4.39 Å². The van der Waals surface area contributed by atoms with Gasteiger partial charge in [-0.3, -0.25) is 4.79 Å². The van der Waals surface area contributed by atoms with E-state index in [1.807, 2.05) is 0 Å². The molecule has 34 heavy (non-hydrogen) atoms. The molecule has 5 aliphatic rings. The molecular weight excluding hydrogens is 433 g/mol. The molecule has 0 radical (unpaired) electrons. The molecule has 5 saturated carbocycles. The van der Waals surface area contributed by atoms with Gasteiger partial charge in [0.25, 0.3) is 5.91 Å². The lowest BCUT2D eigenvalue weighted by atomic mass is 9.54. The quantitative estimate of drug-likeness (QED) is 0.530. The third kappa shape index (κ3) is 4.33. The van der Waals surface area contributed by atoms with Crippen LogP contribution in [0.25, 0.3) is 0 Å². The molecule has 3 bridgehead atoms. The first kappa shape index (κ1) is 22.4. The van der Waals surface area contributed by atoms with Gasteiger partial charge in [-0.1, -0.05) is 6.42 Å². The maximum absolute atomic E-state index is 15.2. The molecule has 184 valence electrons. The number of halogens is 1. The monoisotopic (exact) mass is 469 g/mol. The number of carbonyl (C=O) groups excluding carboxylic acids is 2. The molecule has 5 aliphatic carbocycles. The number of benzene rings is 1. The highest BCUT2D eigenvalue weighted by Gasteiger charge is 2.46. The fourth-order valence-electron chi connectivity index (χ4n) is 7.40. The summed E-state index contributed by atoms with van der Waals surface area (Å²) in [6.45, 7) is 0.652. The van der Waals surface area contributed by atoms with E-state index in [1.165, 1.54) is 51.7 Å². The van der Waals surface area contributed by atoms with Gasteiger partial charge < -0.3 is 14.8 Å². The van der Waals surface area contributed by atoms with Gasteiger partial charge in [0.05, 0.1) is 19.3 Å². The van der Waals surface area contributed by atoms with E-state index in [-0.39, 0.29) is 11.5 Å². The molecule has 1 amide bonds. The van der Waals surface area contributed by atoms with Crippen molar-refractivity contribution in [3.63, 3.8) is 0 Å². The van der Waals surface area contributed by atoms with Gasteiger partial charge in [0.15, 0.2) is 0 Å². The summed E-state index contributed by atoms with van der Waals surface area (Å²) in [7, 11) is 1.31. The van der Waals surface area contributed by atoms with Crippen molar-refractivity contribution in [2.75, 3.05) is 13.7 Å². The smallest absolute Gasteiger partial charge is 0.328 e. The van der Waals surface area contributed by atoms with Crippen molar-refractivity contribution >= 4 is 11.9 Å². The Morgan fingerprint density at radius 2 is 1.82 bits per heavy atom. The number of esters is 1. The third-order valence-corrected chi connectivity index (χ3v) is 9.34. The average Bonchev–Trinajstić information content (AvgIpc) is 3.73. The summed E-state index contributed by atoms with van der Waals surface area (Å²) >= 11 is 0. The van der Waals surface area contributed by atoms with Gasteiger partial charge in [-0.2, -0.15) is 0 Å². The molecule has 6 atom stereocenters. The summed E-state index contributed by atoms with van der Waals surface area (Å²) in [5, 5.41) is 2.72. The highest BCUT2D eigenvalue weighted by Crippen LogP contribution is 2.55. The van der Waals surface area contributed by atoms with Crippen molar-refractivity contribution in [1.29, 1.82) is 0 Å². The minimum atomic E-state index is -0.710. The minimum Gasteiger partial charge on any atom is -0.493 e. The lowest BCUT2D eigenvalue weighted by Crippen LogP contribution is -2.44. The number of methoxy groups -OCH3 is 1. The van der Waals surface area contributed by atoms with Crippen LogP contribution in [0.2, 0.25) is 0 Å². The Balaban J connectivity index is 1.18. The number of carbonyl (C=O) groups is 2. The molecule has 1 N–H and O–H groups in total. The van der Waals surface area contributed by atoms with Gasteiger partial charge in [-0.05, 0) is 111 Å². The fraction of sp³-hybridized carbons (Fsp3) is 0.714. The largest absolute Gasteiger partial charge is 0.493 e. The van der Waals surface area contributed by atoms with E-state index in [4.69, 9.17) is 9.47 Å². The Morgan fingerprint density at radius 1 is 1.03 bits per heavy atom. The molecule has 0 heterocycles. The predicted octanol–water partition coefficient (Wildman–Crippen LogP) is 5.23. The second-order valence-corrected chi connectivity index (χ2v) is 11.7. The van der Waals surface area contributed by atoms with Crippen LogP contribution in [0.3, 0.4) is 0 Å². The van der Waals surface area contributed by atoms with Crippen molar-refractivity contribution in [2.24, 2.45) is 35.5 Å². The van der Waals surface area contributed by atoms with Crippen LogP contribution in [0, 0.1) is 41.3 Å². The molecule has 0 saturated heterocycles. The van der Waals surface area contributed by atoms with Gasteiger partial charge in [-0.15, -0.1) is 0 Å². The number of hydrogen-bond acceptors (Lipinski definition) is 4. The molecule has 6 heteroatoms. The highest BCUT2D eigenvalue weighted by molar-refractivity contribution is 5.97. The van der Waals surface area contributed by atoms with Crippen LogP contribution in [0.1, 0.15) is 86.0 Å². The number of fused-ring (bicyclic) bond motifs is 2. The molecule has 1 aromatic rings. The van der Waals surface area contributed by atoms with E-state index in [2.05, 4.69) is 5.32 Å². The number of hydrogen-bond donors (Lipinski definition) is 1. The van der Waals surface area contributed by atoms with Gasteiger partial charge in [-0.25, -0.2) is 9.18 Å². The Bertz CT molecular complexity index is 965. The molecular formula is C28H36FNO4. The summed E-state index contributed by atoms with van der Waals surface area (Å²) in [5.41, 5.74) is 0.932. The molecule has 0 aliphatic heterocycles. The number of rotatable bonds is 8. The molecule has 5 nitrogen and oxygen atoms in total. The standard InChI is InChI=1S/C28H36FNO4/c1-33-28(32)26(18-5-6-18)30-27(31)23-12-22(17-3-4-17)25(13-24(23)29)34-14-20-11-16-8-15-2-7-21(20)19(9-15)10-16/h12-13,15-21,26H,2-11,14H2,1H3,(H,30,31)/t15?,16?,19?,20?,21?,26-/m0/s1. The first-order valence-corrected chi connectivity index (χ1v) is 13.3. The summed E-state index contributed by atoms with van der Waals surface area (Å²) in [6, 6.07) is 2.37. The van der Waals surface area contributed by atoms with Crippen molar-refractivity contribution in [3.8, 4) is 5.75 Å². The van der Waals surface area contributed by atoms with Crippen LogP contribution < -0.4 is 10.1 Å². The first-order chi connectivity index (χ1) is 16.5. The fourth-order valence-corrected chi connectivity index (χ4v) is 7.40. The second-order valence-electron chi connectivity index (χ2n) is 11.7. The van der Waals surface area contributed by atoms with Crippen LogP contribution in [0.15, 0.2) is 12.1 Å². The predicted molar refractivity (Wildman–Crippen MR) is 125 cm³/mol. The van der Waals surface area contributed by atoms with Crippen LogP contribution in [0.5, 0.6) is 5.75 Å². The zero-order valence-corrected chi connectivity index (χ0v) is 20.1. The Hall–Kier alpha value is -2.11. The Labute approximate surface area is 201 Å². The number of nitrogens with one attached hydrogen (secondary N) is 1. The Morgan fingerprint density at radius 3 is 2.56 bits per heavy atom. The average molecular weight is 470 g/mol. The molecule has 6 rings (SSSR count). The van der Waals surface area contributed by atoms with Gasteiger partial charge in [0.1, 0.15) is 17.6 Å². The van der Waals surface area contributed by atoms with Crippen molar-refractivity contribution in [1.82, 2.24) is 5.32 Å². The molecule has 5 unspecified atom stereocenters. The molecule has 1 aromatic carbocycles. The minimum absolute atomic E-state index is 0.00526. The highest BCUT2D eigenvalue weighted by atomic mass is 19.1. The topological polar surface area (TPSA) is 64.6 Å². The van der Waals surface area contributed by atoms with Gasteiger partial charge in [0.2, 0.25) is 0 Å². The molecule has 5 fully saturated rings. The molecule has 0 aromatic heterocycles. The summed E-state index contributed by atoms with van der Waals surface area (Å²) in [5.74, 6) is 3.37. The van der Waals surface area contributed by atoms with Crippen LogP contribution in [-0.2, 0) is 9.53 Å². The lowest BCUT2D eigenvalue weighted by molar-refractivity contribution is -0.143. The number of amides is 1. The normalized spacial score (nSPS) is 32.7. The van der Waals surface area contributed by atoms with Crippen molar-refractivity contribution in [2.45, 2.75) is 76.2 Å². The van der Waals surface area contributed by atoms with Crippen LogP contribution >= 0.6 is 0 Å². The van der Waals surface area contributed by atoms with E-state index >= 15 is 4.39 Å². The maximum atomic E-state index is 15.2. The van der Waals surface area contributed by atoms with E-state index < -0.39 is 23.7 Å². The van der Waals surface area contributed by atoms with E-state index in [1.54, 1.807) is 6.07 Å². The third-order valence-electron chi connectivity index (χ3n) is 9.34. The second kappa shape index (κ2) is 8.83. The summed E-state index contributed by atoms with van der Waals surface area (Å²) < 4.78 is 26.3. The van der Waals surface area contributed by atoms with Gasteiger partial charge in [0, 0.05) is 6.07 Å². The zero-order valence-electron chi connectivity index (χ0n) is 20.1. The number of ether oxygens (including phenoxy) is 2. The maximum Gasteiger partial charge on any atom is 0.328 e. The lowest BCUT2D eigenvalue weighted by Gasteiger charge is -2.52. The molecule has 0 spiro atoms. The van der Waals surface area contributed by atoms with E-state index in [0.717, 1.165) is 54.9 Å².